The van der Waals surface area contributed by atoms with Crippen molar-refractivity contribution < 1.29 is 29.7 Å². The molecule has 0 fully saturated rings. The van der Waals surface area contributed by atoms with Gasteiger partial charge in [0.15, 0.2) is 0 Å². The van der Waals surface area contributed by atoms with Gasteiger partial charge in [-0.2, -0.15) is 0 Å². The molecule has 0 aliphatic carbocycles. The van der Waals surface area contributed by atoms with E-state index in [9.17, 15) is 25.2 Å². The predicted molar refractivity (Wildman–Crippen MR) is 67.0 cm³/mol. The van der Waals surface area contributed by atoms with Gasteiger partial charge in [0.2, 0.25) is 6.33 Å². The van der Waals surface area contributed by atoms with Crippen molar-refractivity contribution in [1.29, 1.82) is 0 Å². The Hall–Kier alpha value is -0.820. The van der Waals surface area contributed by atoms with Crippen molar-refractivity contribution in [3.63, 3.8) is 0 Å². The third-order valence-electron chi connectivity index (χ3n) is 2.39. The van der Waals surface area contributed by atoms with E-state index in [2.05, 4.69) is 46.6 Å². The van der Waals surface area contributed by atoms with Gasteiger partial charge < -0.3 is 0 Å². The van der Waals surface area contributed by atoms with Crippen LogP contribution in [0.2, 0.25) is 0 Å². The monoisotopic (exact) mass is 327 g/mol. The Morgan fingerprint density at radius 1 is 1.05 bits per heavy atom. The molecular weight excluding hydrogens is 307 g/mol. The Bertz CT molecular complexity index is 397. The number of imidazole rings is 1. The topological polar surface area (TPSA) is 12.1 Å². The maximum atomic E-state index is 9.87. The van der Waals surface area contributed by atoms with Gasteiger partial charge in [-0.25, -0.2) is 9.13 Å². The third kappa shape index (κ3) is 15.2. The molecule has 0 N–H and O–H groups in total. The number of halogens is 6. The number of hydrogen-bond donors (Lipinski definition) is 0. The molecule has 0 saturated carbocycles. The fourth-order valence-corrected chi connectivity index (χ4v) is 1.43. The molecule has 0 bridgehead atoms. The number of nitrogens with zero attached hydrogens (tertiary/aromatic N) is 3. The van der Waals surface area contributed by atoms with Crippen LogP contribution in [0.3, 0.4) is 0 Å². The van der Waals surface area contributed by atoms with Crippen LogP contribution < -0.4 is 4.57 Å². The van der Waals surface area contributed by atoms with Crippen LogP contribution in [-0.2, 0) is 13.6 Å². The molecule has 0 aliphatic heterocycles. The summed E-state index contributed by atoms with van der Waals surface area (Å²) in [6, 6.07) is 0. The van der Waals surface area contributed by atoms with Gasteiger partial charge in [-0.15, -0.1) is 0 Å². The molecule has 1 rings (SSSR count). The summed E-state index contributed by atoms with van der Waals surface area (Å²) in [5.41, 5.74) is 0. The van der Waals surface area contributed by atoms with Crippen LogP contribution in [0, 0.1) is 0 Å². The van der Waals surface area contributed by atoms with Gasteiger partial charge >= 0.3 is 33.0 Å². The zero-order valence-electron chi connectivity index (χ0n) is 11.6. The molecule has 0 spiro atoms. The van der Waals surface area contributed by atoms with Crippen molar-refractivity contribution in [3.8, 4) is 0 Å². The molecule has 20 heavy (non-hydrogen) atoms. The zero-order valence-corrected chi connectivity index (χ0v) is 12.5. The van der Waals surface area contributed by atoms with E-state index in [0.29, 0.717) is 0 Å². The van der Waals surface area contributed by atoms with E-state index in [1.54, 1.807) is 0 Å². The standard InChI is InChI=1S/C10H20N3.F6P/c1-4-12(5-2)8-9-13-7-6-11(3)10-13;1-7(2,3,4,5)6/h6-7,10H,4-5,8-9H2,1-3H3;/q+1;-1. The van der Waals surface area contributed by atoms with Crippen molar-refractivity contribution in [2.45, 2.75) is 20.4 Å². The fraction of sp³-hybridized carbons (Fsp3) is 0.700. The SMILES string of the molecule is CCN(CC)CCn1cc[n+](C)c1.F[P-](F)(F)(F)(F)F. The average Bonchev–Trinajstić information content (AvgIpc) is 2.61. The number of hydrogen-bond acceptors (Lipinski definition) is 1. The molecule has 0 amide bonds. The second kappa shape index (κ2) is 5.89. The second-order valence-electron chi connectivity index (χ2n) is 4.30. The Labute approximate surface area is 114 Å². The first-order chi connectivity index (χ1) is 8.71. The first-order valence-corrected chi connectivity index (χ1v) is 8.04. The van der Waals surface area contributed by atoms with E-state index < -0.39 is 7.81 Å². The second-order valence-corrected chi connectivity index (χ2v) is 6.22. The summed E-state index contributed by atoms with van der Waals surface area (Å²) in [5.74, 6) is 0. The Morgan fingerprint density at radius 3 is 1.80 bits per heavy atom. The molecule has 3 nitrogen and oxygen atoms in total. The first-order valence-electron chi connectivity index (χ1n) is 6.01. The van der Waals surface area contributed by atoms with Crippen molar-refractivity contribution in [3.05, 3.63) is 18.7 Å². The fourth-order valence-electron chi connectivity index (χ4n) is 1.43. The molecule has 1 heterocycles. The van der Waals surface area contributed by atoms with E-state index in [1.807, 2.05) is 7.05 Å². The minimum absolute atomic E-state index is 1.09. The maximum absolute atomic E-state index is 10.7. The molecule has 0 atom stereocenters. The summed E-state index contributed by atoms with van der Waals surface area (Å²) in [6.45, 7) is 8.93. The van der Waals surface area contributed by atoms with Gasteiger partial charge in [0.25, 0.3) is 0 Å². The summed E-state index contributed by atoms with van der Waals surface area (Å²) in [5, 5.41) is 0. The van der Waals surface area contributed by atoms with E-state index in [0.717, 1.165) is 26.2 Å². The summed E-state index contributed by atoms with van der Waals surface area (Å²) < 4.78 is 63.5. The Kier molecular flexibility index (Phi) is 5.65. The van der Waals surface area contributed by atoms with Crippen LogP contribution >= 0.6 is 7.81 Å². The molecule has 0 aromatic carbocycles. The van der Waals surface area contributed by atoms with Gasteiger partial charge in [-0.05, 0) is 13.1 Å². The quantitative estimate of drug-likeness (QED) is 0.452. The Morgan fingerprint density at radius 2 is 1.50 bits per heavy atom. The third-order valence-corrected chi connectivity index (χ3v) is 2.39. The van der Waals surface area contributed by atoms with Crippen LogP contribution in [-0.4, -0.2) is 29.1 Å². The molecule has 0 unspecified atom stereocenters. The summed E-state index contributed by atoms with van der Waals surface area (Å²) in [6.07, 6.45) is 6.30. The van der Waals surface area contributed by atoms with Crippen molar-refractivity contribution in [1.82, 2.24) is 9.47 Å². The van der Waals surface area contributed by atoms with Crippen LogP contribution in [0.5, 0.6) is 0 Å². The molecule has 0 aliphatic rings. The van der Waals surface area contributed by atoms with Gasteiger partial charge in [-0.1, -0.05) is 13.8 Å². The summed E-state index contributed by atoms with van der Waals surface area (Å²) in [7, 11) is -8.61. The minimum atomic E-state index is -10.7. The van der Waals surface area contributed by atoms with Crippen molar-refractivity contribution in [2.75, 3.05) is 19.6 Å². The summed E-state index contributed by atoms with van der Waals surface area (Å²) in [4.78, 5) is 2.43. The van der Waals surface area contributed by atoms with Gasteiger partial charge in [0.1, 0.15) is 18.9 Å². The van der Waals surface area contributed by atoms with Gasteiger partial charge in [0, 0.05) is 6.54 Å². The molecule has 1 aromatic rings. The zero-order chi connectivity index (χ0) is 16.1. The van der Waals surface area contributed by atoms with Crippen LogP contribution in [0.25, 0.3) is 0 Å². The van der Waals surface area contributed by atoms with Crippen LogP contribution in [0.4, 0.5) is 25.2 Å². The van der Waals surface area contributed by atoms with E-state index >= 15 is 0 Å². The molecule has 0 saturated heterocycles. The van der Waals surface area contributed by atoms with E-state index in [-0.39, 0.29) is 0 Å². The normalized spacial score (nSPS) is 15.3. The number of aryl methyl sites for hydroxylation is 1. The van der Waals surface area contributed by atoms with Gasteiger partial charge in [-0.3, -0.25) is 4.90 Å². The first kappa shape index (κ1) is 19.2. The summed E-state index contributed by atoms with van der Waals surface area (Å²) >= 11 is 0. The van der Waals surface area contributed by atoms with E-state index in [1.165, 1.54) is 0 Å². The number of rotatable bonds is 5. The van der Waals surface area contributed by atoms with Crippen molar-refractivity contribution in [2.24, 2.45) is 7.05 Å². The predicted octanol–water partition coefficient (Wildman–Crippen LogP) is 4.04. The van der Waals surface area contributed by atoms with Crippen LogP contribution in [0.15, 0.2) is 18.7 Å². The number of aromatic nitrogens is 2. The molecule has 10 heteroatoms. The molecular formula is C10H20F6N3P. The van der Waals surface area contributed by atoms with Crippen LogP contribution in [0.1, 0.15) is 13.8 Å². The molecule has 1 aromatic heterocycles. The molecule has 122 valence electrons. The number of likely N-dealkylation sites (N-methyl/N-ethyl adjacent to an activating group) is 1. The van der Waals surface area contributed by atoms with Gasteiger partial charge in [0.05, 0.1) is 7.05 Å². The molecule has 0 radical (unpaired) electrons. The Balaban J connectivity index is 0.000000441. The van der Waals surface area contributed by atoms with Crippen molar-refractivity contribution >= 4 is 7.81 Å². The van der Waals surface area contributed by atoms with E-state index in [4.69, 9.17) is 0 Å². The average molecular weight is 327 g/mol.